The molecule has 0 aromatic heterocycles. The molecule has 6 nitrogen and oxygen atoms in total. The summed E-state index contributed by atoms with van der Waals surface area (Å²) in [7, 11) is -3.59. The number of benzene rings is 1. The third kappa shape index (κ3) is 3.67. The standard InChI is InChI=1S/C15H23NO5S/c1-11-3-6-14(7-4-11)22(19,20)16-10-21-15(12(16)2)8-5-13(18)9-17/h3-4,6-7,12-13,15,17-18H,5,8-10H2,1-2H3/t12-,13+,15-/m0/s1. The Balaban J connectivity index is 2.08. The Hall–Kier alpha value is -0.990. The predicted octanol–water partition coefficient (Wildman–Crippen LogP) is 0.864. The van der Waals surface area contributed by atoms with E-state index in [9.17, 15) is 13.5 Å². The molecule has 1 heterocycles. The van der Waals surface area contributed by atoms with Gasteiger partial charge in [0.1, 0.15) is 6.73 Å². The van der Waals surface area contributed by atoms with E-state index in [4.69, 9.17) is 9.84 Å². The average molecular weight is 329 g/mol. The van der Waals surface area contributed by atoms with Gasteiger partial charge in [-0.2, -0.15) is 4.31 Å². The fraction of sp³-hybridized carbons (Fsp3) is 0.600. The van der Waals surface area contributed by atoms with Crippen LogP contribution < -0.4 is 0 Å². The van der Waals surface area contributed by atoms with Crippen molar-refractivity contribution in [2.45, 2.75) is 49.8 Å². The second-order valence-corrected chi connectivity index (χ2v) is 7.58. The lowest BCUT2D eigenvalue weighted by atomic mass is 10.1. The topological polar surface area (TPSA) is 87.1 Å². The van der Waals surface area contributed by atoms with Gasteiger partial charge in [0.25, 0.3) is 0 Å². The first-order valence-electron chi connectivity index (χ1n) is 7.35. The van der Waals surface area contributed by atoms with Gasteiger partial charge in [-0.3, -0.25) is 0 Å². The Kier molecular flexibility index (Phi) is 5.57. The molecule has 124 valence electrons. The lowest BCUT2D eigenvalue weighted by Crippen LogP contribution is -2.37. The molecule has 0 spiro atoms. The second-order valence-electron chi connectivity index (χ2n) is 5.69. The van der Waals surface area contributed by atoms with Crippen molar-refractivity contribution in [3.05, 3.63) is 29.8 Å². The number of aryl methyl sites for hydroxylation is 1. The van der Waals surface area contributed by atoms with Gasteiger partial charge >= 0.3 is 0 Å². The first kappa shape index (κ1) is 17.4. The normalized spacial score (nSPS) is 24.5. The zero-order valence-corrected chi connectivity index (χ0v) is 13.7. The SMILES string of the molecule is Cc1ccc(S(=O)(=O)N2CO[C@@H](CC[C@@H](O)CO)[C@@H]2C)cc1. The summed E-state index contributed by atoms with van der Waals surface area (Å²) < 4.78 is 32.2. The van der Waals surface area contributed by atoms with Crippen LogP contribution in [0.25, 0.3) is 0 Å². The molecular formula is C15H23NO5S. The van der Waals surface area contributed by atoms with Gasteiger partial charge in [0.2, 0.25) is 10.0 Å². The lowest BCUT2D eigenvalue weighted by Gasteiger charge is -2.22. The lowest BCUT2D eigenvalue weighted by molar-refractivity contribution is 0.0524. The van der Waals surface area contributed by atoms with Crippen LogP contribution in [-0.4, -0.2) is 54.5 Å². The summed E-state index contributed by atoms with van der Waals surface area (Å²) in [6.07, 6.45) is -0.188. The minimum absolute atomic E-state index is 0.0112. The van der Waals surface area contributed by atoms with Crippen molar-refractivity contribution >= 4 is 10.0 Å². The van der Waals surface area contributed by atoms with Crippen molar-refractivity contribution in [2.75, 3.05) is 13.3 Å². The third-order valence-electron chi connectivity index (χ3n) is 4.03. The highest BCUT2D eigenvalue weighted by Crippen LogP contribution is 2.28. The van der Waals surface area contributed by atoms with E-state index >= 15 is 0 Å². The van der Waals surface area contributed by atoms with E-state index in [1.54, 1.807) is 31.2 Å². The largest absolute Gasteiger partial charge is 0.394 e. The smallest absolute Gasteiger partial charge is 0.245 e. The van der Waals surface area contributed by atoms with Gasteiger partial charge in [-0.05, 0) is 38.8 Å². The summed E-state index contributed by atoms with van der Waals surface area (Å²) in [4.78, 5) is 0.254. The molecule has 1 saturated heterocycles. The number of sulfonamides is 1. The van der Waals surface area contributed by atoms with Crippen LogP contribution in [0, 0.1) is 6.92 Å². The zero-order valence-electron chi connectivity index (χ0n) is 12.8. The average Bonchev–Trinajstić information content (AvgIpc) is 2.87. The van der Waals surface area contributed by atoms with Crippen molar-refractivity contribution in [1.82, 2.24) is 4.31 Å². The molecular weight excluding hydrogens is 306 g/mol. The maximum absolute atomic E-state index is 12.7. The molecule has 2 N–H and O–H groups in total. The number of aliphatic hydroxyl groups excluding tert-OH is 2. The van der Waals surface area contributed by atoms with Gasteiger partial charge < -0.3 is 14.9 Å². The Morgan fingerprint density at radius 1 is 1.36 bits per heavy atom. The van der Waals surface area contributed by atoms with Crippen LogP contribution in [0.2, 0.25) is 0 Å². The van der Waals surface area contributed by atoms with E-state index in [1.165, 1.54) is 4.31 Å². The molecule has 7 heteroatoms. The number of nitrogens with zero attached hydrogens (tertiary/aromatic N) is 1. The van der Waals surface area contributed by atoms with Crippen LogP contribution in [-0.2, 0) is 14.8 Å². The molecule has 2 rings (SSSR count). The molecule has 1 aromatic rings. The van der Waals surface area contributed by atoms with Gasteiger partial charge in [-0.1, -0.05) is 17.7 Å². The van der Waals surface area contributed by atoms with Gasteiger partial charge in [0.15, 0.2) is 0 Å². The first-order chi connectivity index (χ1) is 10.4. The van der Waals surface area contributed by atoms with Crippen LogP contribution in [0.1, 0.15) is 25.3 Å². The van der Waals surface area contributed by atoms with E-state index in [0.29, 0.717) is 12.8 Å². The Morgan fingerprint density at radius 2 is 2.00 bits per heavy atom. The van der Waals surface area contributed by atoms with Gasteiger partial charge in [0, 0.05) is 0 Å². The first-order valence-corrected chi connectivity index (χ1v) is 8.79. The van der Waals surface area contributed by atoms with Crippen molar-refractivity contribution in [1.29, 1.82) is 0 Å². The summed E-state index contributed by atoms with van der Waals surface area (Å²) in [6, 6.07) is 6.42. The summed E-state index contributed by atoms with van der Waals surface area (Å²) in [5.74, 6) is 0. The maximum atomic E-state index is 12.7. The van der Waals surface area contributed by atoms with Crippen molar-refractivity contribution < 1.29 is 23.4 Å². The fourth-order valence-corrected chi connectivity index (χ4v) is 4.04. The summed E-state index contributed by atoms with van der Waals surface area (Å²) in [6.45, 7) is 3.42. The van der Waals surface area contributed by atoms with Crippen molar-refractivity contribution in [3.8, 4) is 0 Å². The quantitative estimate of drug-likeness (QED) is 0.808. The fourth-order valence-electron chi connectivity index (χ4n) is 2.52. The van der Waals surface area contributed by atoms with Crippen LogP contribution in [0.15, 0.2) is 29.2 Å². The number of rotatable bonds is 6. The summed E-state index contributed by atoms with van der Waals surface area (Å²) >= 11 is 0. The minimum atomic E-state index is -3.59. The molecule has 22 heavy (non-hydrogen) atoms. The van der Waals surface area contributed by atoms with Crippen LogP contribution in [0.4, 0.5) is 0 Å². The van der Waals surface area contributed by atoms with Crippen molar-refractivity contribution in [2.24, 2.45) is 0 Å². The maximum Gasteiger partial charge on any atom is 0.245 e. The summed E-state index contributed by atoms with van der Waals surface area (Å²) in [5.41, 5.74) is 1.00. The number of hydrogen-bond donors (Lipinski definition) is 2. The van der Waals surface area contributed by atoms with Crippen molar-refractivity contribution in [3.63, 3.8) is 0 Å². The highest BCUT2D eigenvalue weighted by Gasteiger charge is 2.39. The molecule has 1 aromatic carbocycles. The van der Waals surface area contributed by atoms with Gasteiger partial charge in [-0.25, -0.2) is 8.42 Å². The van der Waals surface area contributed by atoms with Crippen LogP contribution in [0.5, 0.6) is 0 Å². The van der Waals surface area contributed by atoms with E-state index in [-0.39, 0.29) is 30.4 Å². The second kappa shape index (κ2) is 7.06. The minimum Gasteiger partial charge on any atom is -0.394 e. The highest BCUT2D eigenvalue weighted by atomic mass is 32.2. The molecule has 3 atom stereocenters. The van der Waals surface area contributed by atoms with E-state index in [0.717, 1.165) is 5.56 Å². The Morgan fingerprint density at radius 3 is 2.59 bits per heavy atom. The Bertz CT molecular complexity index is 586. The molecule has 0 aliphatic carbocycles. The van der Waals surface area contributed by atoms with E-state index in [2.05, 4.69) is 0 Å². The molecule has 0 unspecified atom stereocenters. The number of ether oxygens (including phenoxy) is 1. The highest BCUT2D eigenvalue weighted by molar-refractivity contribution is 7.89. The molecule has 1 aliphatic heterocycles. The number of hydrogen-bond acceptors (Lipinski definition) is 5. The molecule has 1 fully saturated rings. The van der Waals surface area contributed by atoms with E-state index < -0.39 is 16.1 Å². The van der Waals surface area contributed by atoms with Gasteiger partial charge in [-0.15, -0.1) is 0 Å². The summed E-state index contributed by atoms with van der Waals surface area (Å²) in [5, 5.41) is 18.2. The molecule has 0 radical (unpaired) electrons. The van der Waals surface area contributed by atoms with E-state index in [1.807, 2.05) is 6.92 Å². The monoisotopic (exact) mass is 329 g/mol. The predicted molar refractivity (Wildman–Crippen MR) is 81.7 cm³/mol. The molecule has 0 amide bonds. The molecule has 0 bridgehead atoms. The Labute approximate surface area is 131 Å². The zero-order chi connectivity index (χ0) is 16.3. The third-order valence-corrected chi connectivity index (χ3v) is 5.95. The van der Waals surface area contributed by atoms with Crippen LogP contribution in [0.3, 0.4) is 0 Å². The molecule has 1 aliphatic rings. The molecule has 0 saturated carbocycles. The van der Waals surface area contributed by atoms with Crippen LogP contribution >= 0.6 is 0 Å². The number of aliphatic hydroxyl groups is 2. The van der Waals surface area contributed by atoms with Gasteiger partial charge in [0.05, 0.1) is 29.8 Å².